The smallest absolute Gasteiger partial charge is 0.253 e. The molecule has 20 heavy (non-hydrogen) atoms. The fraction of sp³-hybridized carbons (Fsp3) is 0.588. The molecule has 1 atom stereocenters. The van der Waals surface area contributed by atoms with Gasteiger partial charge in [-0.15, -0.1) is 0 Å². The van der Waals surface area contributed by atoms with E-state index in [-0.39, 0.29) is 5.91 Å². The zero-order valence-corrected chi connectivity index (χ0v) is 14.2. The zero-order valence-electron chi connectivity index (χ0n) is 12.7. The van der Waals surface area contributed by atoms with Crippen molar-refractivity contribution in [3.63, 3.8) is 0 Å². The van der Waals surface area contributed by atoms with Gasteiger partial charge in [-0.25, -0.2) is 0 Å². The van der Waals surface area contributed by atoms with E-state index in [9.17, 15) is 4.79 Å². The quantitative estimate of drug-likeness (QED) is 0.724. The van der Waals surface area contributed by atoms with Crippen LogP contribution in [0.4, 0.5) is 0 Å². The highest BCUT2D eigenvalue weighted by Gasteiger charge is 2.28. The summed E-state index contributed by atoms with van der Waals surface area (Å²) in [7, 11) is 0. The van der Waals surface area contributed by atoms with Gasteiger partial charge in [-0.3, -0.25) is 4.79 Å². The summed E-state index contributed by atoms with van der Waals surface area (Å²) in [5.41, 5.74) is 1.13. The van der Waals surface area contributed by atoms with E-state index in [0.717, 1.165) is 36.0 Å². The first-order chi connectivity index (χ1) is 9.38. The normalized spacial score (nSPS) is 20.6. The van der Waals surface area contributed by atoms with Crippen molar-refractivity contribution in [1.29, 1.82) is 0 Å². The Hall–Kier alpha value is -0.830. The summed E-state index contributed by atoms with van der Waals surface area (Å²) >= 11 is 3.43. The molecule has 1 heterocycles. The lowest BCUT2D eigenvalue weighted by molar-refractivity contribution is 0.0755. The SMILES string of the molecule is CC(C)(C)C1CCCN(C(=O)c2cccc(Br)c2)CC1. The van der Waals surface area contributed by atoms with Crippen molar-refractivity contribution >= 4 is 21.8 Å². The third-order valence-corrected chi connectivity index (χ3v) is 4.80. The highest BCUT2D eigenvalue weighted by atomic mass is 79.9. The minimum absolute atomic E-state index is 0.167. The Balaban J connectivity index is 2.05. The van der Waals surface area contributed by atoms with Crippen LogP contribution in [-0.2, 0) is 0 Å². The highest BCUT2D eigenvalue weighted by molar-refractivity contribution is 9.10. The molecule has 1 aliphatic heterocycles. The van der Waals surface area contributed by atoms with Gasteiger partial charge in [0.05, 0.1) is 0 Å². The number of amides is 1. The van der Waals surface area contributed by atoms with Gasteiger partial charge in [0.15, 0.2) is 0 Å². The van der Waals surface area contributed by atoms with E-state index in [0.29, 0.717) is 11.3 Å². The summed E-state index contributed by atoms with van der Waals surface area (Å²) in [5, 5.41) is 0. The van der Waals surface area contributed by atoms with E-state index in [1.54, 1.807) is 0 Å². The maximum absolute atomic E-state index is 12.6. The van der Waals surface area contributed by atoms with Crippen molar-refractivity contribution in [3.05, 3.63) is 34.3 Å². The third kappa shape index (κ3) is 3.85. The lowest BCUT2D eigenvalue weighted by Gasteiger charge is -2.29. The van der Waals surface area contributed by atoms with Gasteiger partial charge in [0.25, 0.3) is 5.91 Å². The number of carbonyl (C=O) groups excluding carboxylic acids is 1. The molecule has 0 saturated carbocycles. The van der Waals surface area contributed by atoms with Crippen LogP contribution in [0, 0.1) is 11.3 Å². The Morgan fingerprint density at radius 1 is 1.25 bits per heavy atom. The van der Waals surface area contributed by atoms with Crippen LogP contribution in [0.5, 0.6) is 0 Å². The Bertz CT molecular complexity index is 478. The van der Waals surface area contributed by atoms with Crippen molar-refractivity contribution < 1.29 is 4.79 Å². The Kier molecular flexibility index (Phi) is 4.90. The number of hydrogen-bond acceptors (Lipinski definition) is 1. The molecule has 1 fully saturated rings. The zero-order chi connectivity index (χ0) is 14.8. The van der Waals surface area contributed by atoms with Gasteiger partial charge in [-0.05, 0) is 48.8 Å². The molecule has 2 rings (SSSR count). The molecular formula is C17H24BrNO. The molecule has 3 heteroatoms. The summed E-state index contributed by atoms with van der Waals surface area (Å²) in [5.74, 6) is 0.878. The lowest BCUT2D eigenvalue weighted by atomic mass is 9.77. The fourth-order valence-electron chi connectivity index (χ4n) is 2.97. The number of hydrogen-bond donors (Lipinski definition) is 0. The third-order valence-electron chi connectivity index (χ3n) is 4.31. The van der Waals surface area contributed by atoms with E-state index in [2.05, 4.69) is 36.7 Å². The Labute approximate surface area is 130 Å². The molecule has 1 aromatic carbocycles. The summed E-state index contributed by atoms with van der Waals surface area (Å²) in [6.45, 7) is 8.70. The Morgan fingerprint density at radius 3 is 2.65 bits per heavy atom. The maximum Gasteiger partial charge on any atom is 0.253 e. The molecule has 0 aromatic heterocycles. The van der Waals surface area contributed by atoms with Gasteiger partial charge in [-0.1, -0.05) is 42.8 Å². The molecular weight excluding hydrogens is 314 g/mol. The van der Waals surface area contributed by atoms with Gasteiger partial charge in [0.1, 0.15) is 0 Å². The first kappa shape index (κ1) is 15.6. The molecule has 1 aliphatic rings. The van der Waals surface area contributed by atoms with Gasteiger partial charge in [-0.2, -0.15) is 0 Å². The van der Waals surface area contributed by atoms with Crippen LogP contribution in [0.15, 0.2) is 28.7 Å². The van der Waals surface area contributed by atoms with Crippen LogP contribution < -0.4 is 0 Å². The van der Waals surface area contributed by atoms with Crippen LogP contribution in [0.2, 0.25) is 0 Å². The first-order valence-electron chi connectivity index (χ1n) is 7.43. The number of nitrogens with zero attached hydrogens (tertiary/aromatic N) is 1. The van der Waals surface area contributed by atoms with Crippen LogP contribution in [0.1, 0.15) is 50.4 Å². The second kappa shape index (κ2) is 6.30. The van der Waals surface area contributed by atoms with E-state index in [4.69, 9.17) is 0 Å². The van der Waals surface area contributed by atoms with E-state index in [1.807, 2.05) is 29.2 Å². The van der Waals surface area contributed by atoms with Crippen molar-refractivity contribution in [2.24, 2.45) is 11.3 Å². The van der Waals surface area contributed by atoms with Crippen LogP contribution in [-0.4, -0.2) is 23.9 Å². The average Bonchev–Trinajstić information content (AvgIpc) is 2.63. The molecule has 0 N–H and O–H groups in total. The summed E-state index contributed by atoms with van der Waals surface area (Å²) in [4.78, 5) is 14.6. The topological polar surface area (TPSA) is 20.3 Å². The number of halogens is 1. The Morgan fingerprint density at radius 2 is 2.00 bits per heavy atom. The number of rotatable bonds is 1. The van der Waals surface area contributed by atoms with Crippen LogP contribution >= 0.6 is 15.9 Å². The van der Waals surface area contributed by atoms with Crippen molar-refractivity contribution in [2.45, 2.75) is 40.0 Å². The van der Waals surface area contributed by atoms with Crippen LogP contribution in [0.3, 0.4) is 0 Å². The second-order valence-electron chi connectivity index (χ2n) is 6.80. The monoisotopic (exact) mass is 337 g/mol. The summed E-state index contributed by atoms with van der Waals surface area (Å²) < 4.78 is 0.964. The van der Waals surface area contributed by atoms with Crippen LogP contribution in [0.25, 0.3) is 0 Å². The lowest BCUT2D eigenvalue weighted by Crippen LogP contribution is -2.32. The molecule has 1 unspecified atom stereocenters. The maximum atomic E-state index is 12.6. The highest BCUT2D eigenvalue weighted by Crippen LogP contribution is 2.34. The van der Waals surface area contributed by atoms with E-state index >= 15 is 0 Å². The molecule has 1 saturated heterocycles. The average molecular weight is 338 g/mol. The molecule has 0 bridgehead atoms. The molecule has 0 aliphatic carbocycles. The predicted molar refractivity (Wildman–Crippen MR) is 86.8 cm³/mol. The minimum atomic E-state index is 0.167. The van der Waals surface area contributed by atoms with Gasteiger partial charge >= 0.3 is 0 Å². The largest absolute Gasteiger partial charge is 0.339 e. The predicted octanol–water partition coefficient (Wildman–Crippen LogP) is 4.74. The molecule has 1 amide bonds. The molecule has 2 nitrogen and oxygen atoms in total. The van der Waals surface area contributed by atoms with E-state index in [1.165, 1.54) is 6.42 Å². The molecule has 110 valence electrons. The van der Waals surface area contributed by atoms with Gasteiger partial charge < -0.3 is 4.90 Å². The fourth-order valence-corrected chi connectivity index (χ4v) is 3.37. The second-order valence-corrected chi connectivity index (χ2v) is 7.71. The standard InChI is InChI=1S/C17H24BrNO/c1-17(2,3)14-7-5-10-19(11-9-14)16(20)13-6-4-8-15(18)12-13/h4,6,8,12,14H,5,7,9-11H2,1-3H3. The van der Waals surface area contributed by atoms with Crippen molar-refractivity contribution in [2.75, 3.05) is 13.1 Å². The van der Waals surface area contributed by atoms with Crippen molar-refractivity contribution in [3.8, 4) is 0 Å². The van der Waals surface area contributed by atoms with E-state index < -0.39 is 0 Å². The molecule has 0 radical (unpaired) electrons. The minimum Gasteiger partial charge on any atom is -0.339 e. The summed E-state index contributed by atoms with van der Waals surface area (Å²) in [6, 6.07) is 7.69. The van der Waals surface area contributed by atoms with Gasteiger partial charge in [0.2, 0.25) is 0 Å². The van der Waals surface area contributed by atoms with Crippen molar-refractivity contribution in [1.82, 2.24) is 4.90 Å². The first-order valence-corrected chi connectivity index (χ1v) is 8.22. The summed E-state index contributed by atoms with van der Waals surface area (Å²) in [6.07, 6.45) is 3.46. The number of benzene rings is 1. The number of likely N-dealkylation sites (tertiary alicyclic amines) is 1. The van der Waals surface area contributed by atoms with Gasteiger partial charge in [0, 0.05) is 23.1 Å². The molecule has 0 spiro atoms. The molecule has 1 aromatic rings. The number of carbonyl (C=O) groups is 1.